The second-order valence-corrected chi connectivity index (χ2v) is 8.32. The molecule has 0 aromatic carbocycles. The summed E-state index contributed by atoms with van der Waals surface area (Å²) in [5.74, 6) is -0.272. The Bertz CT molecular complexity index is 766. The van der Waals surface area contributed by atoms with Gasteiger partial charge in [-0.25, -0.2) is 0 Å². The molecule has 1 aliphatic rings. The zero-order valence-corrected chi connectivity index (χ0v) is 16.0. The van der Waals surface area contributed by atoms with Crippen molar-refractivity contribution in [1.29, 1.82) is 0 Å². The lowest BCUT2D eigenvalue weighted by Crippen LogP contribution is -2.44. The Balaban J connectivity index is 1.92. The van der Waals surface area contributed by atoms with Crippen molar-refractivity contribution in [3.63, 3.8) is 0 Å². The maximum absolute atomic E-state index is 12.3. The van der Waals surface area contributed by atoms with Crippen molar-refractivity contribution < 1.29 is 18.0 Å². The van der Waals surface area contributed by atoms with Gasteiger partial charge in [0.05, 0.1) is 12.2 Å². The number of pyridine rings is 1. The standard InChI is InChI=1S/C16H25N5O4S/c1-12(22)21-8-4-5-15(21)16(23)18-10-13-6-7-17-14(9-13)11-19-26(24,25)20(2)3/h6-7,9,15,19H,4-5,8,10-11H2,1-3H3,(H,18,23)/t15-/m0/s1. The van der Waals surface area contributed by atoms with E-state index in [9.17, 15) is 18.0 Å². The molecule has 10 heteroatoms. The minimum atomic E-state index is -3.52. The van der Waals surface area contributed by atoms with Crippen LogP contribution in [0.2, 0.25) is 0 Å². The summed E-state index contributed by atoms with van der Waals surface area (Å²) < 4.78 is 27.0. The third-order valence-corrected chi connectivity index (χ3v) is 5.69. The summed E-state index contributed by atoms with van der Waals surface area (Å²) in [5, 5.41) is 2.84. The lowest BCUT2D eigenvalue weighted by atomic mass is 10.2. The first kappa shape index (κ1) is 20.3. The fourth-order valence-electron chi connectivity index (χ4n) is 2.75. The second kappa shape index (κ2) is 8.56. The zero-order chi connectivity index (χ0) is 19.3. The number of carbonyl (C=O) groups excluding carboxylic acids is 2. The molecule has 1 saturated heterocycles. The van der Waals surface area contributed by atoms with Crippen LogP contribution in [0.3, 0.4) is 0 Å². The van der Waals surface area contributed by atoms with Gasteiger partial charge < -0.3 is 10.2 Å². The molecule has 0 saturated carbocycles. The van der Waals surface area contributed by atoms with Crippen molar-refractivity contribution in [1.82, 2.24) is 24.2 Å². The number of amides is 2. The van der Waals surface area contributed by atoms with Gasteiger partial charge in [0, 0.05) is 40.3 Å². The van der Waals surface area contributed by atoms with Crippen LogP contribution in [0.25, 0.3) is 0 Å². The molecule has 1 fully saturated rings. The Kier molecular flexibility index (Phi) is 6.68. The molecule has 0 spiro atoms. The first-order chi connectivity index (χ1) is 12.2. The molecule has 0 aliphatic carbocycles. The topological polar surface area (TPSA) is 112 Å². The summed E-state index contributed by atoms with van der Waals surface area (Å²) in [6.45, 7) is 2.43. The first-order valence-corrected chi connectivity index (χ1v) is 9.80. The third kappa shape index (κ3) is 5.23. The van der Waals surface area contributed by atoms with Crippen molar-refractivity contribution >= 4 is 22.0 Å². The molecule has 2 N–H and O–H groups in total. The highest BCUT2D eigenvalue weighted by molar-refractivity contribution is 7.87. The molecule has 2 heterocycles. The van der Waals surface area contributed by atoms with Crippen LogP contribution in [0.1, 0.15) is 31.0 Å². The van der Waals surface area contributed by atoms with E-state index in [1.807, 2.05) is 0 Å². The number of nitrogens with one attached hydrogen (secondary N) is 2. The van der Waals surface area contributed by atoms with Crippen molar-refractivity contribution in [2.45, 2.75) is 38.9 Å². The molecule has 1 aromatic rings. The summed E-state index contributed by atoms with van der Waals surface area (Å²) in [5.41, 5.74) is 1.35. The Hall–Kier alpha value is -2.04. The fourth-order valence-corrected chi connectivity index (χ4v) is 3.34. The molecule has 2 rings (SSSR count). The third-order valence-electron chi connectivity index (χ3n) is 4.22. The lowest BCUT2D eigenvalue weighted by Gasteiger charge is -2.22. The van der Waals surface area contributed by atoms with Gasteiger partial charge in [-0.2, -0.15) is 17.4 Å². The Morgan fingerprint density at radius 3 is 2.73 bits per heavy atom. The van der Waals surface area contributed by atoms with Crippen LogP contribution >= 0.6 is 0 Å². The number of hydrogen-bond acceptors (Lipinski definition) is 5. The Morgan fingerprint density at radius 2 is 2.08 bits per heavy atom. The highest BCUT2D eigenvalue weighted by Crippen LogP contribution is 2.17. The summed E-state index contributed by atoms with van der Waals surface area (Å²) in [7, 11) is -0.645. The molecule has 9 nitrogen and oxygen atoms in total. The smallest absolute Gasteiger partial charge is 0.279 e. The molecule has 0 unspecified atom stereocenters. The molecule has 0 radical (unpaired) electrons. The van der Waals surface area contributed by atoms with Crippen LogP contribution in [-0.4, -0.2) is 61.1 Å². The van der Waals surface area contributed by atoms with Crippen molar-refractivity contribution in [3.8, 4) is 0 Å². The van der Waals surface area contributed by atoms with E-state index in [-0.39, 0.29) is 24.9 Å². The molecular weight excluding hydrogens is 358 g/mol. The zero-order valence-electron chi connectivity index (χ0n) is 15.2. The number of hydrogen-bond donors (Lipinski definition) is 2. The maximum Gasteiger partial charge on any atom is 0.279 e. The van der Waals surface area contributed by atoms with Gasteiger partial charge in [0.15, 0.2) is 0 Å². The van der Waals surface area contributed by atoms with E-state index in [0.29, 0.717) is 18.7 Å². The first-order valence-electron chi connectivity index (χ1n) is 8.36. The predicted molar refractivity (Wildman–Crippen MR) is 95.9 cm³/mol. The lowest BCUT2D eigenvalue weighted by molar-refractivity contribution is -0.136. The minimum absolute atomic E-state index is 0.0586. The van der Waals surface area contributed by atoms with Crippen LogP contribution in [-0.2, 0) is 32.9 Å². The largest absolute Gasteiger partial charge is 0.350 e. The second-order valence-electron chi connectivity index (χ2n) is 6.35. The number of likely N-dealkylation sites (tertiary alicyclic amines) is 1. The van der Waals surface area contributed by atoms with Crippen LogP contribution in [0.15, 0.2) is 18.3 Å². The van der Waals surface area contributed by atoms with Crippen molar-refractivity contribution in [2.75, 3.05) is 20.6 Å². The summed E-state index contributed by atoms with van der Waals surface area (Å²) in [4.78, 5) is 29.6. The average molecular weight is 383 g/mol. The molecule has 26 heavy (non-hydrogen) atoms. The van der Waals surface area contributed by atoms with E-state index in [2.05, 4.69) is 15.0 Å². The van der Waals surface area contributed by atoms with Crippen LogP contribution in [0.5, 0.6) is 0 Å². The summed E-state index contributed by atoms with van der Waals surface area (Å²) in [6, 6.07) is 3.07. The van der Waals surface area contributed by atoms with E-state index < -0.39 is 16.3 Å². The van der Waals surface area contributed by atoms with E-state index in [1.54, 1.807) is 23.2 Å². The molecule has 144 valence electrons. The number of carbonyl (C=O) groups is 2. The van der Waals surface area contributed by atoms with E-state index in [0.717, 1.165) is 16.3 Å². The van der Waals surface area contributed by atoms with Crippen LogP contribution in [0, 0.1) is 0 Å². The number of aromatic nitrogens is 1. The molecule has 2 amide bonds. The summed E-state index contributed by atoms with van der Waals surface area (Å²) >= 11 is 0. The minimum Gasteiger partial charge on any atom is -0.350 e. The molecule has 1 aliphatic heterocycles. The Labute approximate surface area is 153 Å². The average Bonchev–Trinajstić information content (AvgIpc) is 3.08. The van der Waals surface area contributed by atoms with Crippen LogP contribution < -0.4 is 10.0 Å². The molecule has 1 aromatic heterocycles. The molecule has 0 bridgehead atoms. The van der Waals surface area contributed by atoms with Crippen LogP contribution in [0.4, 0.5) is 0 Å². The van der Waals surface area contributed by atoms with Gasteiger partial charge >= 0.3 is 0 Å². The van der Waals surface area contributed by atoms with E-state index in [1.165, 1.54) is 21.0 Å². The SMILES string of the molecule is CC(=O)N1CCC[C@H]1C(=O)NCc1ccnc(CNS(=O)(=O)N(C)C)c1. The highest BCUT2D eigenvalue weighted by atomic mass is 32.2. The van der Waals surface area contributed by atoms with E-state index >= 15 is 0 Å². The monoisotopic (exact) mass is 383 g/mol. The molecule has 1 atom stereocenters. The highest BCUT2D eigenvalue weighted by Gasteiger charge is 2.31. The fraction of sp³-hybridized carbons (Fsp3) is 0.562. The van der Waals surface area contributed by atoms with Gasteiger partial charge in [-0.15, -0.1) is 0 Å². The summed E-state index contributed by atoms with van der Waals surface area (Å²) in [6.07, 6.45) is 3.06. The van der Waals surface area contributed by atoms with Crippen molar-refractivity contribution in [2.24, 2.45) is 0 Å². The Morgan fingerprint density at radius 1 is 1.35 bits per heavy atom. The van der Waals surface area contributed by atoms with Gasteiger partial charge in [0.1, 0.15) is 6.04 Å². The van der Waals surface area contributed by atoms with Gasteiger partial charge in [0.25, 0.3) is 10.2 Å². The number of rotatable bonds is 7. The van der Waals surface area contributed by atoms with Gasteiger partial charge in [0.2, 0.25) is 11.8 Å². The van der Waals surface area contributed by atoms with Crippen molar-refractivity contribution in [3.05, 3.63) is 29.6 Å². The molecular formula is C16H25N5O4S. The van der Waals surface area contributed by atoms with Gasteiger partial charge in [-0.05, 0) is 30.5 Å². The van der Waals surface area contributed by atoms with Gasteiger partial charge in [-0.1, -0.05) is 0 Å². The van der Waals surface area contributed by atoms with E-state index in [4.69, 9.17) is 0 Å². The quantitative estimate of drug-likeness (QED) is 0.666. The number of nitrogens with zero attached hydrogens (tertiary/aromatic N) is 3. The normalized spacial score (nSPS) is 17.5. The van der Waals surface area contributed by atoms with Gasteiger partial charge in [-0.3, -0.25) is 14.6 Å². The predicted octanol–water partition coefficient (Wildman–Crippen LogP) is -0.395. The maximum atomic E-state index is 12.3.